The summed E-state index contributed by atoms with van der Waals surface area (Å²) in [5, 5.41) is 0. The van der Waals surface area contributed by atoms with Crippen LogP contribution in [0.25, 0.3) is 0 Å². The Hall–Kier alpha value is -0.835. The van der Waals surface area contributed by atoms with Gasteiger partial charge >= 0.3 is 5.97 Å². The molecule has 0 aliphatic carbocycles. The van der Waals surface area contributed by atoms with E-state index in [-0.39, 0.29) is 36.7 Å². The van der Waals surface area contributed by atoms with Crippen molar-refractivity contribution in [3.05, 3.63) is 0 Å². The predicted molar refractivity (Wildman–Crippen MR) is 57.3 cm³/mol. The van der Waals surface area contributed by atoms with Gasteiger partial charge in [0.05, 0.1) is 12.5 Å². The van der Waals surface area contributed by atoms with Gasteiger partial charge in [-0.2, -0.15) is 0 Å². The highest BCUT2D eigenvalue weighted by atomic mass is 16.6. The number of esters is 1. The minimum atomic E-state index is -0.312. The number of carbonyl (C=O) groups is 2. The Morgan fingerprint density at radius 3 is 2.67 bits per heavy atom. The average molecular weight is 212 g/mol. The molecule has 0 aromatic carbocycles. The third-order valence-corrected chi connectivity index (χ3v) is 2.43. The van der Waals surface area contributed by atoms with Crippen LogP contribution in [0.5, 0.6) is 0 Å². The SMILES string of the molecule is B[C@H]1CC[C@@H](COC(=O)CCC(C)=O)O1. The maximum Gasteiger partial charge on any atom is 0.306 e. The van der Waals surface area contributed by atoms with Crippen molar-refractivity contribution in [2.45, 2.75) is 44.7 Å². The van der Waals surface area contributed by atoms with Crippen LogP contribution in [0.2, 0.25) is 0 Å². The van der Waals surface area contributed by atoms with Crippen molar-refractivity contribution in [2.75, 3.05) is 6.61 Å². The van der Waals surface area contributed by atoms with Gasteiger partial charge in [-0.25, -0.2) is 0 Å². The molecule has 2 atom stereocenters. The molecule has 1 saturated heterocycles. The lowest BCUT2D eigenvalue weighted by Crippen LogP contribution is -2.19. The van der Waals surface area contributed by atoms with Crippen LogP contribution in [0.1, 0.15) is 32.6 Å². The molecule has 0 saturated carbocycles. The molecular formula is C10H17BO4. The second kappa shape index (κ2) is 5.90. The Morgan fingerprint density at radius 1 is 1.40 bits per heavy atom. The molecule has 0 aromatic rings. The van der Waals surface area contributed by atoms with Gasteiger partial charge in [0.25, 0.3) is 0 Å². The van der Waals surface area contributed by atoms with E-state index in [2.05, 4.69) is 0 Å². The zero-order valence-electron chi connectivity index (χ0n) is 9.32. The van der Waals surface area contributed by atoms with Gasteiger partial charge in [-0.1, -0.05) is 0 Å². The minimum absolute atomic E-state index is 0.0117. The number of rotatable bonds is 5. The molecule has 4 nitrogen and oxygen atoms in total. The monoisotopic (exact) mass is 212 g/mol. The van der Waals surface area contributed by atoms with Gasteiger partial charge in [0, 0.05) is 12.4 Å². The lowest BCUT2D eigenvalue weighted by Gasteiger charge is -2.11. The van der Waals surface area contributed by atoms with E-state index < -0.39 is 0 Å². The molecule has 0 bridgehead atoms. The molecule has 0 N–H and O–H groups in total. The van der Waals surface area contributed by atoms with E-state index in [0.717, 1.165) is 12.8 Å². The van der Waals surface area contributed by atoms with Crippen molar-refractivity contribution in [1.82, 2.24) is 0 Å². The van der Waals surface area contributed by atoms with Crippen LogP contribution >= 0.6 is 0 Å². The summed E-state index contributed by atoms with van der Waals surface area (Å²) in [5.41, 5.74) is 0. The second-order valence-electron chi connectivity index (χ2n) is 4.03. The van der Waals surface area contributed by atoms with Crippen LogP contribution in [-0.4, -0.2) is 38.3 Å². The van der Waals surface area contributed by atoms with E-state index in [9.17, 15) is 9.59 Å². The molecule has 0 spiro atoms. The number of Topliss-reactive ketones (excluding diaryl/α,β-unsaturated/α-hetero) is 1. The number of carbonyl (C=O) groups excluding carboxylic acids is 2. The van der Waals surface area contributed by atoms with Crippen molar-refractivity contribution in [2.24, 2.45) is 0 Å². The van der Waals surface area contributed by atoms with Gasteiger partial charge in [0.2, 0.25) is 0 Å². The number of hydrogen-bond donors (Lipinski definition) is 0. The van der Waals surface area contributed by atoms with Gasteiger partial charge < -0.3 is 14.3 Å². The van der Waals surface area contributed by atoms with Crippen LogP contribution in [-0.2, 0) is 19.1 Å². The summed E-state index contributed by atoms with van der Waals surface area (Å²) in [6.07, 6.45) is 2.45. The average Bonchev–Trinajstić information content (AvgIpc) is 2.58. The molecule has 5 heteroatoms. The van der Waals surface area contributed by atoms with Crippen LogP contribution in [0, 0.1) is 0 Å². The van der Waals surface area contributed by atoms with Crippen molar-refractivity contribution in [3.8, 4) is 0 Å². The molecule has 84 valence electrons. The zero-order chi connectivity index (χ0) is 11.3. The van der Waals surface area contributed by atoms with Crippen molar-refractivity contribution >= 4 is 19.6 Å². The Labute approximate surface area is 90.7 Å². The van der Waals surface area contributed by atoms with Crippen LogP contribution in [0.4, 0.5) is 0 Å². The first-order chi connectivity index (χ1) is 7.08. The number of hydrogen-bond acceptors (Lipinski definition) is 4. The van der Waals surface area contributed by atoms with E-state index in [4.69, 9.17) is 9.47 Å². The summed E-state index contributed by atoms with van der Waals surface area (Å²) >= 11 is 0. The summed E-state index contributed by atoms with van der Waals surface area (Å²) < 4.78 is 10.5. The van der Waals surface area contributed by atoms with Gasteiger partial charge in [-0.3, -0.25) is 4.79 Å². The summed E-state index contributed by atoms with van der Waals surface area (Å²) in [4.78, 5) is 21.8. The summed E-state index contributed by atoms with van der Waals surface area (Å²) in [6, 6.07) is 0.269. The maximum absolute atomic E-state index is 11.2. The predicted octanol–water partition coefficient (Wildman–Crippen LogP) is 0.0370. The standard InChI is InChI=1S/C10H17BO4/c1-7(12)2-5-10(13)14-6-8-3-4-9(11)15-8/h8-9H,2-6,11H2,1H3/t8-,9+/m0/s1. The Kier molecular flexibility index (Phi) is 4.82. The smallest absolute Gasteiger partial charge is 0.306 e. The summed E-state index contributed by atoms with van der Waals surface area (Å²) in [5.74, 6) is -0.300. The van der Waals surface area contributed by atoms with Gasteiger partial charge in [-0.15, -0.1) is 0 Å². The molecule has 0 unspecified atom stereocenters. The Bertz CT molecular complexity index is 242. The lowest BCUT2D eigenvalue weighted by atomic mass is 9.97. The first-order valence-electron chi connectivity index (χ1n) is 5.38. The maximum atomic E-state index is 11.2. The highest BCUT2D eigenvalue weighted by Gasteiger charge is 2.22. The molecule has 1 heterocycles. The van der Waals surface area contributed by atoms with E-state index in [1.807, 2.05) is 7.85 Å². The van der Waals surface area contributed by atoms with Crippen molar-refractivity contribution < 1.29 is 19.1 Å². The van der Waals surface area contributed by atoms with Crippen LogP contribution in [0.15, 0.2) is 0 Å². The van der Waals surface area contributed by atoms with Gasteiger partial charge in [-0.05, 0) is 19.8 Å². The highest BCUT2D eigenvalue weighted by molar-refractivity contribution is 6.11. The summed E-state index contributed by atoms with van der Waals surface area (Å²) in [7, 11) is 2.01. The zero-order valence-corrected chi connectivity index (χ0v) is 9.32. The van der Waals surface area contributed by atoms with Gasteiger partial charge in [0.15, 0.2) is 0 Å². The quantitative estimate of drug-likeness (QED) is 0.476. The van der Waals surface area contributed by atoms with E-state index in [1.54, 1.807) is 0 Å². The minimum Gasteiger partial charge on any atom is -0.463 e. The molecule has 0 radical (unpaired) electrons. The lowest BCUT2D eigenvalue weighted by molar-refractivity contribution is -0.148. The van der Waals surface area contributed by atoms with E-state index >= 15 is 0 Å². The molecule has 1 fully saturated rings. The van der Waals surface area contributed by atoms with Crippen molar-refractivity contribution in [1.29, 1.82) is 0 Å². The largest absolute Gasteiger partial charge is 0.463 e. The molecular weight excluding hydrogens is 195 g/mol. The van der Waals surface area contributed by atoms with Crippen molar-refractivity contribution in [3.63, 3.8) is 0 Å². The third kappa shape index (κ3) is 4.97. The Balaban J connectivity index is 2.09. The summed E-state index contributed by atoms with van der Waals surface area (Å²) in [6.45, 7) is 1.79. The number of ether oxygens (including phenoxy) is 2. The normalized spacial score (nSPS) is 25.1. The molecule has 0 aromatic heterocycles. The third-order valence-electron chi connectivity index (χ3n) is 2.43. The van der Waals surface area contributed by atoms with Crippen LogP contribution in [0.3, 0.4) is 0 Å². The topological polar surface area (TPSA) is 52.6 Å². The Morgan fingerprint density at radius 2 is 2.13 bits per heavy atom. The fraction of sp³-hybridized carbons (Fsp3) is 0.800. The fourth-order valence-electron chi connectivity index (χ4n) is 1.54. The molecule has 1 aliphatic heterocycles. The highest BCUT2D eigenvalue weighted by Crippen LogP contribution is 2.17. The molecule has 1 rings (SSSR count). The second-order valence-corrected chi connectivity index (χ2v) is 4.03. The van der Waals surface area contributed by atoms with Crippen LogP contribution < -0.4 is 0 Å². The van der Waals surface area contributed by atoms with Gasteiger partial charge in [0.1, 0.15) is 20.2 Å². The first-order valence-corrected chi connectivity index (χ1v) is 5.38. The van der Waals surface area contributed by atoms with E-state index in [1.165, 1.54) is 6.92 Å². The molecule has 1 aliphatic rings. The first kappa shape index (κ1) is 12.2. The molecule has 15 heavy (non-hydrogen) atoms. The number of ketones is 1. The fourth-order valence-corrected chi connectivity index (χ4v) is 1.54. The van der Waals surface area contributed by atoms with E-state index in [0.29, 0.717) is 6.61 Å². The molecule has 0 amide bonds.